The molecular formula is C52H74N10O12. The number of hydrogen-bond donors (Lipinski definition) is 6. The summed E-state index contributed by atoms with van der Waals surface area (Å²) in [6, 6.07) is -2.79. The van der Waals surface area contributed by atoms with Crippen LogP contribution in [0, 0.1) is 5.92 Å². The Kier molecular flexibility index (Phi) is 17.1. The molecule has 7 fully saturated rings. The van der Waals surface area contributed by atoms with Crippen LogP contribution in [0.25, 0.3) is 0 Å². The molecule has 0 saturated carbocycles. The standard InChI is InChI=1S/C52H74N10O12/c1-30(2)42(51(72)62-28-10-17-41(62)52(73)74)56-45(66)37-13-6-24-58(37)48(69)39-15-8-26-60(39)50(71)40-16-9-27-61(40)49(70)38-14-7-25-59(38)47(68)35(29-32-18-20-33(63)21-19-32)55-43(64)31(3)54-44(65)36-12-5-23-57(36)46(67)34-11-4-22-53-34/h18-21,30-31,34-42,53,63H,4-17,22-29H2,1-3H3,(H,54,65)(H,55,64)(H,56,66)(H,73,74)/t31-,34-,35-,36-,37-,38-,39-,40-,41-,42-/m0/s1. The summed E-state index contributed by atoms with van der Waals surface area (Å²) in [5, 5.41) is 31.3. The molecule has 0 bridgehead atoms. The van der Waals surface area contributed by atoms with Crippen LogP contribution in [0.1, 0.15) is 116 Å². The number of phenols is 1. The lowest BCUT2D eigenvalue weighted by atomic mass is 10.0. The number of carbonyl (C=O) groups excluding carboxylic acids is 9. The predicted octanol–water partition coefficient (Wildman–Crippen LogP) is -0.152. The topological polar surface area (TPSA) is 279 Å². The third kappa shape index (κ3) is 11.5. The minimum Gasteiger partial charge on any atom is -0.508 e. The van der Waals surface area contributed by atoms with Crippen LogP contribution in [0.2, 0.25) is 0 Å². The van der Waals surface area contributed by atoms with Gasteiger partial charge in [0.25, 0.3) is 0 Å². The van der Waals surface area contributed by atoms with E-state index in [4.69, 9.17) is 0 Å². The monoisotopic (exact) mass is 1030 g/mol. The van der Waals surface area contributed by atoms with Crippen molar-refractivity contribution in [1.29, 1.82) is 0 Å². The molecule has 6 N–H and O–H groups in total. The molecule has 1 aromatic rings. The van der Waals surface area contributed by atoms with Crippen molar-refractivity contribution in [3.63, 3.8) is 0 Å². The number of nitrogens with zero attached hydrogens (tertiary/aromatic N) is 6. The number of hydrogen-bond acceptors (Lipinski definition) is 12. The first-order valence-corrected chi connectivity index (χ1v) is 26.9. The number of benzene rings is 1. The lowest BCUT2D eigenvalue weighted by molar-refractivity contribution is -0.153. The molecule has 10 atom stereocenters. The van der Waals surface area contributed by atoms with Gasteiger partial charge in [-0.2, -0.15) is 0 Å². The van der Waals surface area contributed by atoms with E-state index < -0.39 is 102 Å². The molecule has 0 aliphatic carbocycles. The zero-order chi connectivity index (χ0) is 53.0. The van der Waals surface area contributed by atoms with Crippen molar-refractivity contribution in [2.75, 3.05) is 45.8 Å². The van der Waals surface area contributed by atoms with E-state index >= 15 is 0 Å². The largest absolute Gasteiger partial charge is 0.508 e. The molecule has 7 saturated heterocycles. The average Bonchev–Trinajstić information content (AvgIpc) is 4.25. The molecule has 9 amide bonds. The van der Waals surface area contributed by atoms with Gasteiger partial charge in [-0.3, -0.25) is 43.2 Å². The quantitative estimate of drug-likeness (QED) is 0.126. The van der Waals surface area contributed by atoms with Crippen LogP contribution >= 0.6 is 0 Å². The first-order chi connectivity index (χ1) is 35.4. The molecule has 0 radical (unpaired) electrons. The summed E-state index contributed by atoms with van der Waals surface area (Å²) in [4.78, 5) is 148. The fourth-order valence-electron chi connectivity index (χ4n) is 12.3. The van der Waals surface area contributed by atoms with Gasteiger partial charge < -0.3 is 60.9 Å². The van der Waals surface area contributed by atoms with Crippen molar-refractivity contribution in [3.8, 4) is 5.75 Å². The van der Waals surface area contributed by atoms with Crippen LogP contribution in [0.3, 0.4) is 0 Å². The van der Waals surface area contributed by atoms with Crippen LogP contribution in [-0.4, -0.2) is 205 Å². The van der Waals surface area contributed by atoms with Crippen molar-refractivity contribution in [3.05, 3.63) is 29.8 Å². The van der Waals surface area contributed by atoms with E-state index in [0.29, 0.717) is 95.6 Å². The normalized spacial score (nSPS) is 27.1. The predicted molar refractivity (Wildman–Crippen MR) is 265 cm³/mol. The van der Waals surface area contributed by atoms with Crippen molar-refractivity contribution in [1.82, 2.24) is 50.7 Å². The van der Waals surface area contributed by atoms with Crippen LogP contribution in [0.5, 0.6) is 5.75 Å². The van der Waals surface area contributed by atoms with Crippen LogP contribution in [-0.2, 0) is 54.4 Å². The fraction of sp³-hybridized carbons (Fsp3) is 0.692. The number of carbonyl (C=O) groups is 10. The summed E-state index contributed by atoms with van der Waals surface area (Å²) in [6.45, 7) is 7.46. The average molecular weight is 1030 g/mol. The SMILES string of the molecule is CC(C)[C@H](NC(=O)[C@@H]1CCCN1C(=O)[C@@H]1CCCN1C(=O)[C@@H]1CCCN1C(=O)[C@@H]1CCCN1C(=O)[C@H](Cc1ccc(O)cc1)NC(=O)[C@H](C)NC(=O)[C@@H]1CCCN1C(=O)[C@@H]1CCCN1)C(=O)N1CCC[C@H]1C(=O)O. The Morgan fingerprint density at radius 1 is 0.527 bits per heavy atom. The molecule has 7 aliphatic rings. The number of amides is 9. The van der Waals surface area contributed by atoms with E-state index in [1.165, 1.54) is 43.6 Å². The molecule has 7 aliphatic heterocycles. The zero-order valence-corrected chi connectivity index (χ0v) is 42.9. The van der Waals surface area contributed by atoms with Crippen molar-refractivity contribution in [2.24, 2.45) is 5.92 Å². The maximum atomic E-state index is 14.7. The highest BCUT2D eigenvalue weighted by Crippen LogP contribution is 2.32. The molecule has 7 heterocycles. The van der Waals surface area contributed by atoms with Crippen molar-refractivity contribution in [2.45, 2.75) is 178 Å². The van der Waals surface area contributed by atoms with E-state index in [1.54, 1.807) is 30.9 Å². The molecule has 0 unspecified atom stereocenters. The van der Waals surface area contributed by atoms with E-state index in [2.05, 4.69) is 21.3 Å². The number of nitrogens with one attached hydrogen (secondary N) is 4. The fourth-order valence-corrected chi connectivity index (χ4v) is 12.3. The van der Waals surface area contributed by atoms with Crippen LogP contribution in [0.15, 0.2) is 24.3 Å². The van der Waals surface area contributed by atoms with Gasteiger partial charge in [-0.1, -0.05) is 26.0 Å². The smallest absolute Gasteiger partial charge is 0.326 e. The summed E-state index contributed by atoms with van der Waals surface area (Å²) in [5.41, 5.74) is 0.615. The number of aliphatic carboxylic acids is 1. The molecule has 0 aromatic heterocycles. The lowest BCUT2D eigenvalue weighted by Gasteiger charge is -2.36. The Balaban J connectivity index is 0.913. The van der Waals surface area contributed by atoms with Gasteiger partial charge in [-0.25, -0.2) is 4.79 Å². The summed E-state index contributed by atoms with van der Waals surface area (Å²) in [6.07, 6.45) is 6.91. The second-order valence-corrected chi connectivity index (χ2v) is 21.5. The van der Waals surface area contributed by atoms with Gasteiger partial charge in [0.2, 0.25) is 53.2 Å². The van der Waals surface area contributed by atoms with Crippen molar-refractivity contribution >= 4 is 59.1 Å². The summed E-state index contributed by atoms with van der Waals surface area (Å²) in [5.74, 6) is -5.41. The maximum absolute atomic E-state index is 14.7. The third-order valence-electron chi connectivity index (χ3n) is 16.3. The first kappa shape index (κ1) is 54.0. The number of phenolic OH excluding ortho intramolecular Hbond substituents is 1. The Labute approximate surface area is 431 Å². The van der Waals surface area contributed by atoms with Crippen molar-refractivity contribution < 1.29 is 58.2 Å². The highest BCUT2D eigenvalue weighted by molar-refractivity contribution is 5.99. The van der Waals surface area contributed by atoms with Gasteiger partial charge in [0, 0.05) is 45.7 Å². The highest BCUT2D eigenvalue weighted by Gasteiger charge is 2.49. The maximum Gasteiger partial charge on any atom is 0.326 e. The van der Waals surface area contributed by atoms with Gasteiger partial charge in [0.05, 0.1) is 6.04 Å². The number of likely N-dealkylation sites (tertiary alicyclic amines) is 6. The van der Waals surface area contributed by atoms with Crippen LogP contribution < -0.4 is 21.3 Å². The Morgan fingerprint density at radius 2 is 0.959 bits per heavy atom. The number of carboxylic acids is 1. The molecule has 22 heteroatoms. The highest BCUT2D eigenvalue weighted by atomic mass is 16.4. The van der Waals surface area contributed by atoms with E-state index in [1.807, 2.05) is 0 Å². The molecule has 1 aromatic carbocycles. The minimum atomic E-state index is -1.19. The first-order valence-electron chi connectivity index (χ1n) is 26.9. The van der Waals surface area contributed by atoms with Gasteiger partial charge in [-0.15, -0.1) is 0 Å². The molecule has 22 nitrogen and oxygen atoms in total. The van der Waals surface area contributed by atoms with Gasteiger partial charge in [-0.05, 0) is 127 Å². The Bertz CT molecular complexity index is 2330. The van der Waals surface area contributed by atoms with E-state index in [9.17, 15) is 58.2 Å². The molecule has 0 spiro atoms. The van der Waals surface area contributed by atoms with E-state index in [-0.39, 0.29) is 68.7 Å². The minimum absolute atomic E-state index is 0.000786. The number of carboxylic acid groups (broad SMARTS) is 1. The number of rotatable bonds is 16. The zero-order valence-electron chi connectivity index (χ0n) is 42.9. The van der Waals surface area contributed by atoms with Crippen LogP contribution in [0.4, 0.5) is 0 Å². The van der Waals surface area contributed by atoms with Gasteiger partial charge in [0.15, 0.2) is 0 Å². The number of aromatic hydroxyl groups is 1. The lowest BCUT2D eigenvalue weighted by Crippen LogP contribution is -2.60. The Morgan fingerprint density at radius 3 is 1.45 bits per heavy atom. The molecule has 404 valence electrons. The summed E-state index contributed by atoms with van der Waals surface area (Å²) in [7, 11) is 0. The van der Waals surface area contributed by atoms with Gasteiger partial charge in [0.1, 0.15) is 60.1 Å². The third-order valence-corrected chi connectivity index (χ3v) is 16.3. The second-order valence-electron chi connectivity index (χ2n) is 21.5. The second kappa shape index (κ2) is 23.5. The van der Waals surface area contributed by atoms with E-state index in [0.717, 1.165) is 13.0 Å². The molecular weight excluding hydrogens is 957 g/mol. The van der Waals surface area contributed by atoms with Gasteiger partial charge >= 0.3 is 5.97 Å². The molecule has 8 rings (SSSR count). The summed E-state index contributed by atoms with van der Waals surface area (Å²) < 4.78 is 0. The summed E-state index contributed by atoms with van der Waals surface area (Å²) >= 11 is 0. The Hall–Kier alpha value is -6.32. The molecule has 74 heavy (non-hydrogen) atoms.